The molecule has 19 heavy (non-hydrogen) atoms. The molecule has 0 bridgehead atoms. The van der Waals surface area contributed by atoms with E-state index in [0.29, 0.717) is 6.54 Å². The standard InChI is InChI=1S/C14H14F3NO/c1-10-7-8-18(9-11(10)2)12-3-5-13(6-4-12)19-14(15,16)17/h3-7,9H,8H2,1-2H3. The van der Waals surface area contributed by atoms with Gasteiger partial charge in [0.2, 0.25) is 0 Å². The van der Waals surface area contributed by atoms with Gasteiger partial charge >= 0.3 is 6.36 Å². The second-order valence-corrected chi connectivity index (χ2v) is 4.39. The first-order valence-electron chi connectivity index (χ1n) is 5.83. The molecule has 0 N–H and O–H groups in total. The van der Waals surface area contributed by atoms with Crippen LogP contribution in [-0.2, 0) is 0 Å². The van der Waals surface area contributed by atoms with Crippen molar-refractivity contribution in [3.63, 3.8) is 0 Å². The van der Waals surface area contributed by atoms with Crippen molar-refractivity contribution in [3.05, 3.63) is 47.7 Å². The molecule has 1 heterocycles. The van der Waals surface area contributed by atoms with Gasteiger partial charge in [0, 0.05) is 18.4 Å². The zero-order valence-corrected chi connectivity index (χ0v) is 10.7. The van der Waals surface area contributed by atoms with Gasteiger partial charge in [-0.3, -0.25) is 0 Å². The lowest BCUT2D eigenvalue weighted by molar-refractivity contribution is -0.274. The van der Waals surface area contributed by atoms with Gasteiger partial charge in [0.1, 0.15) is 5.75 Å². The first-order chi connectivity index (χ1) is 8.85. The molecule has 1 aromatic carbocycles. The minimum atomic E-state index is -4.65. The van der Waals surface area contributed by atoms with Gasteiger partial charge in [-0.1, -0.05) is 6.08 Å². The summed E-state index contributed by atoms with van der Waals surface area (Å²) in [5, 5.41) is 0. The Morgan fingerprint density at radius 2 is 1.68 bits per heavy atom. The number of halogens is 3. The zero-order chi connectivity index (χ0) is 14.0. The van der Waals surface area contributed by atoms with Crippen LogP contribution in [0.1, 0.15) is 13.8 Å². The molecule has 0 unspecified atom stereocenters. The first-order valence-corrected chi connectivity index (χ1v) is 5.83. The molecule has 102 valence electrons. The molecule has 1 aliphatic rings. The van der Waals surface area contributed by atoms with Gasteiger partial charge in [0.15, 0.2) is 0 Å². The van der Waals surface area contributed by atoms with Crippen LogP contribution in [0.15, 0.2) is 47.7 Å². The summed E-state index contributed by atoms with van der Waals surface area (Å²) in [7, 11) is 0. The van der Waals surface area contributed by atoms with Crippen molar-refractivity contribution in [1.82, 2.24) is 0 Å². The molecule has 0 radical (unpaired) electrons. The van der Waals surface area contributed by atoms with E-state index in [1.54, 1.807) is 12.1 Å². The Morgan fingerprint density at radius 1 is 1.05 bits per heavy atom. The fourth-order valence-corrected chi connectivity index (χ4v) is 1.80. The topological polar surface area (TPSA) is 12.5 Å². The maximum absolute atomic E-state index is 12.0. The van der Waals surface area contributed by atoms with Crippen LogP contribution in [0, 0.1) is 0 Å². The van der Waals surface area contributed by atoms with Crippen molar-refractivity contribution >= 4 is 5.69 Å². The number of hydrogen-bond donors (Lipinski definition) is 0. The second kappa shape index (κ2) is 4.99. The fourth-order valence-electron chi connectivity index (χ4n) is 1.80. The van der Waals surface area contributed by atoms with Crippen LogP contribution in [0.4, 0.5) is 18.9 Å². The molecule has 0 amide bonds. The average Bonchev–Trinajstić information content (AvgIpc) is 2.32. The zero-order valence-electron chi connectivity index (χ0n) is 10.7. The molecule has 1 aromatic rings. The quantitative estimate of drug-likeness (QED) is 0.795. The Balaban J connectivity index is 2.12. The van der Waals surface area contributed by atoms with Crippen LogP contribution < -0.4 is 9.64 Å². The van der Waals surface area contributed by atoms with E-state index in [1.165, 1.54) is 17.7 Å². The van der Waals surface area contributed by atoms with Crippen LogP contribution in [0.5, 0.6) is 5.75 Å². The van der Waals surface area contributed by atoms with Gasteiger partial charge in [-0.15, -0.1) is 13.2 Å². The molecule has 5 heteroatoms. The lowest BCUT2D eigenvalue weighted by Gasteiger charge is -2.24. The Labute approximate surface area is 109 Å². The molecule has 0 spiro atoms. The van der Waals surface area contributed by atoms with Gasteiger partial charge in [-0.05, 0) is 49.3 Å². The molecule has 0 aliphatic carbocycles. The Bertz CT molecular complexity index is 514. The number of anilines is 1. The van der Waals surface area contributed by atoms with Gasteiger partial charge in [-0.2, -0.15) is 0 Å². The molecule has 0 saturated heterocycles. The van der Waals surface area contributed by atoms with Crippen LogP contribution in [0.3, 0.4) is 0 Å². The van der Waals surface area contributed by atoms with Crippen LogP contribution in [0.25, 0.3) is 0 Å². The lowest BCUT2D eigenvalue weighted by atomic mass is 10.1. The Morgan fingerprint density at radius 3 is 2.21 bits per heavy atom. The van der Waals surface area contributed by atoms with E-state index in [4.69, 9.17) is 0 Å². The largest absolute Gasteiger partial charge is 0.573 e. The average molecular weight is 269 g/mol. The summed E-state index contributed by atoms with van der Waals surface area (Å²) < 4.78 is 40.0. The van der Waals surface area contributed by atoms with Gasteiger partial charge in [0.05, 0.1) is 0 Å². The highest BCUT2D eigenvalue weighted by Gasteiger charge is 2.31. The number of nitrogens with zero attached hydrogens (tertiary/aromatic N) is 1. The van der Waals surface area contributed by atoms with Crippen molar-refractivity contribution in [2.45, 2.75) is 20.2 Å². The van der Waals surface area contributed by atoms with Crippen molar-refractivity contribution in [3.8, 4) is 5.75 Å². The van der Waals surface area contributed by atoms with Crippen molar-refractivity contribution in [1.29, 1.82) is 0 Å². The van der Waals surface area contributed by atoms with Gasteiger partial charge in [0.25, 0.3) is 0 Å². The summed E-state index contributed by atoms with van der Waals surface area (Å²) in [6.07, 6.45) is -0.590. The van der Waals surface area contributed by atoms with E-state index >= 15 is 0 Å². The number of allylic oxidation sites excluding steroid dienone is 2. The number of ether oxygens (including phenoxy) is 1. The monoisotopic (exact) mass is 269 g/mol. The molecular formula is C14H14F3NO. The molecule has 0 fully saturated rings. The van der Waals surface area contributed by atoms with Crippen LogP contribution in [0.2, 0.25) is 0 Å². The van der Waals surface area contributed by atoms with Crippen molar-refractivity contribution < 1.29 is 17.9 Å². The third-order valence-corrected chi connectivity index (χ3v) is 2.97. The van der Waals surface area contributed by atoms with E-state index in [0.717, 1.165) is 11.3 Å². The van der Waals surface area contributed by atoms with Crippen molar-refractivity contribution in [2.24, 2.45) is 0 Å². The predicted molar refractivity (Wildman–Crippen MR) is 68.0 cm³/mol. The SMILES string of the molecule is CC1=CCN(c2ccc(OC(F)(F)F)cc2)C=C1C. The van der Waals surface area contributed by atoms with E-state index in [9.17, 15) is 13.2 Å². The summed E-state index contributed by atoms with van der Waals surface area (Å²) in [6.45, 7) is 4.74. The minimum Gasteiger partial charge on any atom is -0.406 e. The summed E-state index contributed by atoms with van der Waals surface area (Å²) in [5.41, 5.74) is 3.19. The molecule has 0 aromatic heterocycles. The number of hydrogen-bond acceptors (Lipinski definition) is 2. The number of benzene rings is 1. The Hall–Kier alpha value is -1.91. The van der Waals surface area contributed by atoms with E-state index in [1.807, 2.05) is 24.9 Å². The smallest absolute Gasteiger partial charge is 0.406 e. The number of alkyl halides is 3. The molecule has 2 nitrogen and oxygen atoms in total. The highest BCUT2D eigenvalue weighted by atomic mass is 19.4. The third kappa shape index (κ3) is 3.53. The molecule has 2 rings (SSSR count). The summed E-state index contributed by atoms with van der Waals surface area (Å²) in [6, 6.07) is 5.85. The van der Waals surface area contributed by atoms with Gasteiger partial charge < -0.3 is 9.64 Å². The molecular weight excluding hydrogens is 255 g/mol. The first kappa shape index (κ1) is 13.5. The summed E-state index contributed by atoms with van der Waals surface area (Å²) >= 11 is 0. The third-order valence-electron chi connectivity index (χ3n) is 2.97. The van der Waals surface area contributed by atoms with Gasteiger partial charge in [-0.25, -0.2) is 0 Å². The maximum Gasteiger partial charge on any atom is 0.573 e. The second-order valence-electron chi connectivity index (χ2n) is 4.39. The summed E-state index contributed by atoms with van der Waals surface area (Å²) in [5.74, 6) is -0.208. The fraction of sp³-hybridized carbons (Fsp3) is 0.286. The van der Waals surface area contributed by atoms with Crippen LogP contribution >= 0.6 is 0 Å². The minimum absolute atomic E-state index is 0.208. The molecule has 1 aliphatic heterocycles. The normalized spacial score (nSPS) is 15.9. The lowest BCUT2D eigenvalue weighted by Crippen LogP contribution is -2.20. The highest BCUT2D eigenvalue weighted by Crippen LogP contribution is 2.27. The van der Waals surface area contributed by atoms with Crippen LogP contribution in [-0.4, -0.2) is 12.9 Å². The maximum atomic E-state index is 12.0. The molecule has 0 saturated carbocycles. The number of rotatable bonds is 2. The Kier molecular flexibility index (Phi) is 3.55. The highest BCUT2D eigenvalue weighted by molar-refractivity contribution is 5.55. The van der Waals surface area contributed by atoms with E-state index < -0.39 is 6.36 Å². The summed E-state index contributed by atoms with van der Waals surface area (Å²) in [4.78, 5) is 1.97. The van der Waals surface area contributed by atoms with E-state index in [-0.39, 0.29) is 5.75 Å². The van der Waals surface area contributed by atoms with E-state index in [2.05, 4.69) is 10.8 Å². The predicted octanol–water partition coefficient (Wildman–Crippen LogP) is 4.26. The van der Waals surface area contributed by atoms with Crippen molar-refractivity contribution in [2.75, 3.05) is 11.4 Å². The molecule has 0 atom stereocenters.